The molecule has 2 rings (SSSR count). The van der Waals surface area contributed by atoms with Crippen LogP contribution in [0.15, 0.2) is 29.1 Å². The summed E-state index contributed by atoms with van der Waals surface area (Å²) >= 11 is 1.52. The summed E-state index contributed by atoms with van der Waals surface area (Å²) in [5, 5.41) is 7.87. The van der Waals surface area contributed by atoms with E-state index >= 15 is 0 Å². The molecular weight excluding hydrogens is 314 g/mol. The van der Waals surface area contributed by atoms with Crippen LogP contribution >= 0.6 is 11.3 Å². The van der Waals surface area contributed by atoms with Crippen molar-refractivity contribution >= 4 is 17.2 Å². The predicted octanol–water partition coefficient (Wildman–Crippen LogP) is 2.07. The summed E-state index contributed by atoms with van der Waals surface area (Å²) in [5.41, 5.74) is 3.15. The minimum atomic E-state index is -0.142. The highest BCUT2D eigenvalue weighted by atomic mass is 32.1. The lowest BCUT2D eigenvalue weighted by Gasteiger charge is -2.13. The van der Waals surface area contributed by atoms with E-state index in [1.54, 1.807) is 30.8 Å². The van der Waals surface area contributed by atoms with Crippen molar-refractivity contribution in [1.29, 1.82) is 0 Å². The molecule has 0 fully saturated rings. The van der Waals surface area contributed by atoms with Crippen LogP contribution in [-0.4, -0.2) is 37.6 Å². The molecule has 0 aliphatic carbocycles. The number of hydrogen-bond donors (Lipinski definition) is 2. The molecule has 1 aromatic carbocycles. The van der Waals surface area contributed by atoms with Gasteiger partial charge in [0, 0.05) is 23.5 Å². The highest BCUT2D eigenvalue weighted by Crippen LogP contribution is 2.28. The van der Waals surface area contributed by atoms with Gasteiger partial charge in [-0.25, -0.2) is 4.98 Å². The Morgan fingerprint density at radius 1 is 1.39 bits per heavy atom. The minimum Gasteiger partial charge on any atom is -0.493 e. The van der Waals surface area contributed by atoms with E-state index in [-0.39, 0.29) is 11.9 Å². The largest absolute Gasteiger partial charge is 0.493 e. The van der Waals surface area contributed by atoms with Crippen molar-refractivity contribution in [3.05, 3.63) is 40.3 Å². The quantitative estimate of drug-likeness (QED) is 0.773. The van der Waals surface area contributed by atoms with E-state index in [4.69, 9.17) is 9.47 Å². The average molecular weight is 335 g/mol. The highest BCUT2D eigenvalue weighted by molar-refractivity contribution is 7.07. The second-order valence-electron chi connectivity index (χ2n) is 5.03. The van der Waals surface area contributed by atoms with Gasteiger partial charge in [0.1, 0.15) is 6.61 Å². The van der Waals surface area contributed by atoms with Crippen molar-refractivity contribution < 1.29 is 14.3 Å². The van der Waals surface area contributed by atoms with Crippen LogP contribution in [0.1, 0.15) is 23.0 Å². The smallest absolute Gasteiger partial charge is 0.251 e. The molecule has 6 nitrogen and oxygen atoms in total. The van der Waals surface area contributed by atoms with Crippen molar-refractivity contribution in [2.45, 2.75) is 19.6 Å². The van der Waals surface area contributed by atoms with Crippen molar-refractivity contribution in [1.82, 2.24) is 15.6 Å². The number of amides is 1. The minimum absolute atomic E-state index is 0.142. The molecule has 1 amide bonds. The highest BCUT2D eigenvalue weighted by Gasteiger charge is 2.12. The molecule has 2 N–H and O–H groups in total. The van der Waals surface area contributed by atoms with E-state index in [0.29, 0.717) is 30.2 Å². The number of likely N-dealkylation sites (N-methyl/N-ethyl adjacent to an activating group) is 1. The number of thiazole rings is 1. The Kier molecular flexibility index (Phi) is 6.37. The first-order valence-corrected chi connectivity index (χ1v) is 8.21. The fourth-order valence-corrected chi connectivity index (χ4v) is 2.38. The van der Waals surface area contributed by atoms with Gasteiger partial charge in [-0.3, -0.25) is 4.79 Å². The van der Waals surface area contributed by atoms with Gasteiger partial charge in [-0.1, -0.05) is 0 Å². The van der Waals surface area contributed by atoms with Crippen LogP contribution in [0, 0.1) is 0 Å². The van der Waals surface area contributed by atoms with Gasteiger partial charge < -0.3 is 20.1 Å². The summed E-state index contributed by atoms with van der Waals surface area (Å²) in [4.78, 5) is 16.3. The van der Waals surface area contributed by atoms with Crippen LogP contribution in [0.25, 0.3) is 0 Å². The number of carbonyl (C=O) groups is 1. The molecule has 0 radical (unpaired) electrons. The molecule has 1 heterocycles. The third-order valence-electron chi connectivity index (χ3n) is 3.35. The summed E-state index contributed by atoms with van der Waals surface area (Å²) in [5.74, 6) is 0.964. The van der Waals surface area contributed by atoms with Crippen LogP contribution in [0.3, 0.4) is 0 Å². The Labute approximate surface area is 139 Å². The van der Waals surface area contributed by atoms with Gasteiger partial charge >= 0.3 is 0 Å². The summed E-state index contributed by atoms with van der Waals surface area (Å²) in [6.07, 6.45) is 0. The topological polar surface area (TPSA) is 72.5 Å². The molecule has 1 unspecified atom stereocenters. The number of ether oxygens (including phenoxy) is 2. The van der Waals surface area contributed by atoms with E-state index in [9.17, 15) is 4.79 Å². The van der Waals surface area contributed by atoms with E-state index in [2.05, 4.69) is 15.6 Å². The second-order valence-corrected chi connectivity index (χ2v) is 5.75. The fourth-order valence-electron chi connectivity index (χ4n) is 1.84. The Hall–Kier alpha value is -2.12. The van der Waals surface area contributed by atoms with Crippen molar-refractivity contribution in [2.24, 2.45) is 0 Å². The van der Waals surface area contributed by atoms with Gasteiger partial charge in [0.25, 0.3) is 5.91 Å². The molecule has 23 heavy (non-hydrogen) atoms. The molecule has 7 heteroatoms. The Balaban J connectivity index is 2.01. The van der Waals surface area contributed by atoms with Crippen LogP contribution in [0.5, 0.6) is 11.5 Å². The number of nitrogens with one attached hydrogen (secondary N) is 2. The molecule has 0 aliphatic heterocycles. The van der Waals surface area contributed by atoms with E-state index in [0.717, 1.165) is 5.69 Å². The summed E-state index contributed by atoms with van der Waals surface area (Å²) in [6.45, 7) is 2.92. The monoisotopic (exact) mass is 335 g/mol. The zero-order valence-corrected chi connectivity index (χ0v) is 14.3. The van der Waals surface area contributed by atoms with Crippen molar-refractivity contribution in [2.75, 3.05) is 20.7 Å². The normalized spacial score (nSPS) is 11.8. The molecular formula is C16H21N3O3S. The third kappa shape index (κ3) is 4.94. The molecule has 0 spiro atoms. The third-order valence-corrected chi connectivity index (χ3v) is 3.98. The molecule has 2 aromatic rings. The van der Waals surface area contributed by atoms with Gasteiger partial charge in [0.05, 0.1) is 18.3 Å². The Morgan fingerprint density at radius 2 is 2.22 bits per heavy atom. The molecule has 0 saturated heterocycles. The Morgan fingerprint density at radius 3 is 2.87 bits per heavy atom. The molecule has 1 atom stereocenters. The first kappa shape index (κ1) is 17.2. The molecule has 0 bridgehead atoms. The summed E-state index contributed by atoms with van der Waals surface area (Å²) in [6, 6.07) is 5.34. The average Bonchev–Trinajstić information content (AvgIpc) is 3.10. The molecule has 0 saturated carbocycles. The molecule has 1 aromatic heterocycles. The summed E-state index contributed by atoms with van der Waals surface area (Å²) < 4.78 is 11.0. The number of hydrogen-bond acceptors (Lipinski definition) is 6. The van der Waals surface area contributed by atoms with Crippen LogP contribution < -0.4 is 20.1 Å². The fraction of sp³-hybridized carbons (Fsp3) is 0.375. The lowest BCUT2D eigenvalue weighted by molar-refractivity contribution is 0.0950. The zero-order valence-electron chi connectivity index (χ0n) is 13.5. The maximum Gasteiger partial charge on any atom is 0.251 e. The maximum atomic E-state index is 12.1. The SMILES string of the molecule is CNC(C)CNC(=O)c1ccc(OCc2cscn2)c(OC)c1. The van der Waals surface area contributed by atoms with Gasteiger partial charge in [-0.15, -0.1) is 11.3 Å². The van der Waals surface area contributed by atoms with Gasteiger partial charge in [0.15, 0.2) is 11.5 Å². The number of aromatic nitrogens is 1. The Bertz CT molecular complexity index is 632. The molecule has 0 aliphatic rings. The number of methoxy groups -OCH3 is 1. The van der Waals surface area contributed by atoms with Crippen LogP contribution in [0.4, 0.5) is 0 Å². The first-order chi connectivity index (χ1) is 11.1. The van der Waals surface area contributed by atoms with Gasteiger partial charge in [-0.2, -0.15) is 0 Å². The second kappa shape index (κ2) is 8.50. The first-order valence-electron chi connectivity index (χ1n) is 7.27. The van der Waals surface area contributed by atoms with E-state index in [1.807, 2.05) is 19.4 Å². The lowest BCUT2D eigenvalue weighted by atomic mass is 10.2. The predicted molar refractivity (Wildman–Crippen MR) is 90.3 cm³/mol. The summed E-state index contributed by atoms with van der Waals surface area (Å²) in [7, 11) is 3.41. The van der Waals surface area contributed by atoms with Crippen LogP contribution in [0.2, 0.25) is 0 Å². The maximum absolute atomic E-state index is 12.1. The van der Waals surface area contributed by atoms with E-state index < -0.39 is 0 Å². The standard InChI is InChI=1S/C16H21N3O3S/c1-11(17-2)7-18-16(20)12-4-5-14(15(6-12)21-3)22-8-13-9-23-10-19-13/h4-6,9-11,17H,7-8H2,1-3H3,(H,18,20). The number of rotatable bonds is 8. The number of carbonyl (C=O) groups excluding carboxylic acids is 1. The lowest BCUT2D eigenvalue weighted by Crippen LogP contribution is -2.37. The number of nitrogens with zero attached hydrogens (tertiary/aromatic N) is 1. The van der Waals surface area contributed by atoms with E-state index in [1.165, 1.54) is 11.3 Å². The van der Waals surface area contributed by atoms with Crippen molar-refractivity contribution in [3.8, 4) is 11.5 Å². The zero-order chi connectivity index (χ0) is 16.7. The van der Waals surface area contributed by atoms with Gasteiger partial charge in [0.2, 0.25) is 0 Å². The van der Waals surface area contributed by atoms with Gasteiger partial charge in [-0.05, 0) is 32.2 Å². The number of benzene rings is 1. The molecule has 124 valence electrons. The van der Waals surface area contributed by atoms with Crippen molar-refractivity contribution in [3.63, 3.8) is 0 Å². The van der Waals surface area contributed by atoms with Crippen LogP contribution in [-0.2, 0) is 6.61 Å².